The van der Waals surface area contributed by atoms with E-state index in [-0.39, 0.29) is 12.5 Å². The van der Waals surface area contributed by atoms with Gasteiger partial charge in [-0.05, 0) is 40.5 Å². The number of halogens is 1. The van der Waals surface area contributed by atoms with Gasteiger partial charge in [-0.25, -0.2) is 0 Å². The van der Waals surface area contributed by atoms with Crippen molar-refractivity contribution in [1.29, 1.82) is 0 Å². The Hall–Kier alpha value is -1.14. The fourth-order valence-corrected chi connectivity index (χ4v) is 2.25. The van der Waals surface area contributed by atoms with Crippen LogP contribution in [0.5, 0.6) is 5.75 Å². The van der Waals surface area contributed by atoms with Gasteiger partial charge in [-0.2, -0.15) is 0 Å². The van der Waals surface area contributed by atoms with E-state index in [4.69, 9.17) is 22.7 Å². The summed E-state index contributed by atoms with van der Waals surface area (Å²) in [6.45, 7) is 2.89. The first kappa shape index (κ1) is 15.9. The highest BCUT2D eigenvalue weighted by Crippen LogP contribution is 2.23. The standard InChI is InChI=1S/C13H17BrN2O2S/c1-3-6-16(8-12(15)19)13(17)10-7-9(18-2)4-5-11(10)14/h4-5,7H,3,6,8H2,1-2H3,(H2,15,19). The number of carbonyl (C=O) groups excluding carboxylic acids is 1. The normalized spacial score (nSPS) is 10.1. The summed E-state index contributed by atoms with van der Waals surface area (Å²) in [5.74, 6) is 0.527. The Balaban J connectivity index is 3.04. The first-order valence-corrected chi connectivity index (χ1v) is 7.10. The van der Waals surface area contributed by atoms with Crippen molar-refractivity contribution in [3.63, 3.8) is 0 Å². The maximum absolute atomic E-state index is 12.5. The minimum Gasteiger partial charge on any atom is -0.497 e. The van der Waals surface area contributed by atoms with Gasteiger partial charge in [0.05, 0.1) is 24.2 Å². The lowest BCUT2D eigenvalue weighted by Crippen LogP contribution is -2.38. The Morgan fingerprint density at radius 2 is 2.21 bits per heavy atom. The highest BCUT2D eigenvalue weighted by molar-refractivity contribution is 9.10. The SMILES string of the molecule is CCCN(CC(N)=S)C(=O)c1cc(OC)ccc1Br. The van der Waals surface area contributed by atoms with Gasteiger partial charge in [-0.15, -0.1) is 0 Å². The lowest BCUT2D eigenvalue weighted by Gasteiger charge is -2.22. The van der Waals surface area contributed by atoms with Crippen molar-refractivity contribution in [2.75, 3.05) is 20.2 Å². The monoisotopic (exact) mass is 344 g/mol. The van der Waals surface area contributed by atoms with Gasteiger partial charge in [0.2, 0.25) is 0 Å². The number of nitrogens with two attached hydrogens (primary N) is 1. The quantitative estimate of drug-likeness (QED) is 0.806. The van der Waals surface area contributed by atoms with Crippen molar-refractivity contribution in [2.24, 2.45) is 5.73 Å². The summed E-state index contributed by atoms with van der Waals surface area (Å²) in [5, 5.41) is 0. The largest absolute Gasteiger partial charge is 0.497 e. The molecule has 4 nitrogen and oxygen atoms in total. The number of nitrogens with zero attached hydrogens (tertiary/aromatic N) is 1. The van der Waals surface area contributed by atoms with Crippen LogP contribution in [-0.4, -0.2) is 36.0 Å². The van der Waals surface area contributed by atoms with Crippen LogP contribution in [0.15, 0.2) is 22.7 Å². The average Bonchev–Trinajstić information content (AvgIpc) is 2.37. The molecule has 0 bridgehead atoms. The van der Waals surface area contributed by atoms with Crippen LogP contribution in [0.25, 0.3) is 0 Å². The van der Waals surface area contributed by atoms with Crippen molar-refractivity contribution >= 4 is 39.0 Å². The molecule has 0 fully saturated rings. The molecule has 6 heteroatoms. The second kappa shape index (κ2) is 7.45. The van der Waals surface area contributed by atoms with Crippen molar-refractivity contribution < 1.29 is 9.53 Å². The number of ether oxygens (including phenoxy) is 1. The zero-order chi connectivity index (χ0) is 14.4. The van der Waals surface area contributed by atoms with E-state index >= 15 is 0 Å². The van der Waals surface area contributed by atoms with E-state index < -0.39 is 0 Å². The van der Waals surface area contributed by atoms with Crippen LogP contribution in [0.4, 0.5) is 0 Å². The number of thiocarbonyl (C=S) groups is 1. The molecule has 0 unspecified atom stereocenters. The molecule has 0 aromatic heterocycles. The summed E-state index contributed by atoms with van der Waals surface area (Å²) in [5.41, 5.74) is 6.08. The molecule has 0 saturated carbocycles. The number of methoxy groups -OCH3 is 1. The Labute approximate surface area is 127 Å². The summed E-state index contributed by atoms with van der Waals surface area (Å²) in [7, 11) is 1.57. The van der Waals surface area contributed by atoms with Gasteiger partial charge < -0.3 is 15.4 Å². The molecular weight excluding hydrogens is 328 g/mol. The first-order valence-electron chi connectivity index (χ1n) is 5.90. The Morgan fingerprint density at radius 3 is 2.74 bits per heavy atom. The van der Waals surface area contributed by atoms with Crippen LogP contribution < -0.4 is 10.5 Å². The highest BCUT2D eigenvalue weighted by Gasteiger charge is 2.18. The molecular formula is C13H17BrN2O2S. The summed E-state index contributed by atoms with van der Waals surface area (Å²) < 4.78 is 5.86. The molecule has 1 aromatic rings. The maximum Gasteiger partial charge on any atom is 0.255 e. The Kier molecular flexibility index (Phi) is 6.24. The summed E-state index contributed by atoms with van der Waals surface area (Å²) in [6, 6.07) is 5.28. The molecule has 0 atom stereocenters. The van der Waals surface area contributed by atoms with Crippen molar-refractivity contribution in [3.8, 4) is 5.75 Å². The van der Waals surface area contributed by atoms with Crippen LogP contribution >= 0.6 is 28.1 Å². The number of rotatable bonds is 6. The van der Waals surface area contributed by atoms with Crippen LogP contribution in [0.1, 0.15) is 23.7 Å². The predicted molar refractivity (Wildman–Crippen MR) is 83.7 cm³/mol. The molecule has 2 N–H and O–H groups in total. The zero-order valence-electron chi connectivity index (χ0n) is 11.0. The minimum absolute atomic E-state index is 0.111. The number of hydrogen-bond acceptors (Lipinski definition) is 3. The summed E-state index contributed by atoms with van der Waals surface area (Å²) in [4.78, 5) is 14.4. The molecule has 0 aliphatic carbocycles. The second-order valence-electron chi connectivity index (χ2n) is 4.04. The second-order valence-corrected chi connectivity index (χ2v) is 5.42. The third kappa shape index (κ3) is 4.47. The lowest BCUT2D eigenvalue weighted by molar-refractivity contribution is 0.0778. The zero-order valence-corrected chi connectivity index (χ0v) is 13.4. The predicted octanol–water partition coefficient (Wildman–Crippen LogP) is 2.60. The Bertz CT molecular complexity index is 480. The number of benzene rings is 1. The molecule has 0 aliphatic rings. The first-order chi connectivity index (χ1) is 8.99. The van der Waals surface area contributed by atoms with Crippen molar-refractivity contribution in [1.82, 2.24) is 4.90 Å². The van der Waals surface area contributed by atoms with E-state index in [2.05, 4.69) is 15.9 Å². The average molecular weight is 345 g/mol. The van der Waals surface area contributed by atoms with Crippen LogP contribution in [0, 0.1) is 0 Å². The van der Waals surface area contributed by atoms with Crippen LogP contribution in [0.2, 0.25) is 0 Å². The Morgan fingerprint density at radius 1 is 1.53 bits per heavy atom. The third-order valence-electron chi connectivity index (χ3n) is 2.53. The van der Waals surface area contributed by atoms with E-state index in [0.717, 1.165) is 10.9 Å². The van der Waals surface area contributed by atoms with E-state index in [9.17, 15) is 4.79 Å². The fourth-order valence-electron chi connectivity index (χ4n) is 1.68. The number of hydrogen-bond donors (Lipinski definition) is 1. The molecule has 19 heavy (non-hydrogen) atoms. The molecule has 104 valence electrons. The molecule has 0 radical (unpaired) electrons. The van der Waals surface area contributed by atoms with Gasteiger partial charge in [0, 0.05) is 11.0 Å². The van der Waals surface area contributed by atoms with E-state index in [1.807, 2.05) is 6.92 Å². The van der Waals surface area contributed by atoms with Gasteiger partial charge in [0.1, 0.15) is 5.75 Å². The van der Waals surface area contributed by atoms with Crippen molar-refractivity contribution in [3.05, 3.63) is 28.2 Å². The number of amides is 1. The molecule has 0 heterocycles. The topological polar surface area (TPSA) is 55.6 Å². The number of carbonyl (C=O) groups is 1. The summed E-state index contributed by atoms with van der Waals surface area (Å²) >= 11 is 8.26. The third-order valence-corrected chi connectivity index (χ3v) is 3.35. The van der Waals surface area contributed by atoms with E-state index in [1.54, 1.807) is 30.2 Å². The summed E-state index contributed by atoms with van der Waals surface area (Å²) in [6.07, 6.45) is 0.843. The van der Waals surface area contributed by atoms with Gasteiger partial charge >= 0.3 is 0 Å². The van der Waals surface area contributed by atoms with E-state index in [1.165, 1.54) is 0 Å². The van der Waals surface area contributed by atoms with Gasteiger partial charge in [-0.3, -0.25) is 4.79 Å². The minimum atomic E-state index is -0.111. The van der Waals surface area contributed by atoms with Gasteiger partial charge in [-0.1, -0.05) is 19.1 Å². The highest BCUT2D eigenvalue weighted by atomic mass is 79.9. The molecule has 0 spiro atoms. The molecule has 1 aromatic carbocycles. The lowest BCUT2D eigenvalue weighted by atomic mass is 10.2. The molecule has 1 amide bonds. The van der Waals surface area contributed by atoms with Gasteiger partial charge in [0.15, 0.2) is 0 Å². The van der Waals surface area contributed by atoms with Gasteiger partial charge in [0.25, 0.3) is 5.91 Å². The fraction of sp³-hybridized carbons (Fsp3) is 0.385. The maximum atomic E-state index is 12.5. The molecule has 0 aliphatic heterocycles. The smallest absolute Gasteiger partial charge is 0.255 e. The van der Waals surface area contributed by atoms with Crippen molar-refractivity contribution in [2.45, 2.75) is 13.3 Å². The molecule has 1 rings (SSSR count). The van der Waals surface area contributed by atoms with Crippen LogP contribution in [-0.2, 0) is 0 Å². The molecule has 0 saturated heterocycles. The van der Waals surface area contributed by atoms with E-state index in [0.29, 0.717) is 22.8 Å². The van der Waals surface area contributed by atoms with Crippen LogP contribution in [0.3, 0.4) is 0 Å².